The van der Waals surface area contributed by atoms with Crippen LogP contribution in [0.3, 0.4) is 0 Å². The number of ether oxygens (including phenoxy) is 1. The lowest BCUT2D eigenvalue weighted by Gasteiger charge is -2.10. The molecule has 3 nitrogen and oxygen atoms in total. The molecule has 0 saturated heterocycles. The van der Waals surface area contributed by atoms with Gasteiger partial charge in [-0.05, 0) is 30.9 Å². The molecule has 2 aromatic carbocycles. The van der Waals surface area contributed by atoms with E-state index in [-0.39, 0.29) is 0 Å². The number of unbranched alkanes of at least 4 members (excludes halogenated alkanes) is 3. The van der Waals surface area contributed by atoms with Gasteiger partial charge in [0.2, 0.25) is 0 Å². The Balaban J connectivity index is 1.65. The standard InChI is InChI=1S/C19H22BNO2/c20-16-11-12-18(17(14-16)19(21)22)23-13-7-2-1-4-8-15-9-5-3-6-10-15/h3,5-6,9-12,14H,1-2,4,7-8,13H2,(H2,21,22). The Morgan fingerprint density at radius 1 is 1.00 bits per heavy atom. The number of nitrogens with two attached hydrogens (primary N) is 1. The molecule has 0 aromatic heterocycles. The third-order valence-corrected chi connectivity index (χ3v) is 3.73. The molecule has 118 valence electrons. The van der Waals surface area contributed by atoms with Crippen LogP contribution in [0.25, 0.3) is 0 Å². The minimum atomic E-state index is -0.518. The van der Waals surface area contributed by atoms with Gasteiger partial charge in [-0.25, -0.2) is 0 Å². The quantitative estimate of drug-likeness (QED) is 0.572. The Hall–Kier alpha value is -2.23. The first-order chi connectivity index (χ1) is 11.2. The first-order valence-electron chi connectivity index (χ1n) is 8.03. The Labute approximate surface area is 139 Å². The highest BCUT2D eigenvalue weighted by atomic mass is 16.5. The number of carbonyl (C=O) groups excluding carboxylic acids is 1. The van der Waals surface area contributed by atoms with Gasteiger partial charge in [0.1, 0.15) is 13.6 Å². The summed E-state index contributed by atoms with van der Waals surface area (Å²) in [6.45, 7) is 0.579. The molecule has 2 aromatic rings. The molecule has 0 unspecified atom stereocenters. The van der Waals surface area contributed by atoms with Crippen LogP contribution in [0.1, 0.15) is 41.6 Å². The van der Waals surface area contributed by atoms with E-state index < -0.39 is 5.91 Å². The molecule has 1 amide bonds. The molecular weight excluding hydrogens is 285 g/mol. The lowest BCUT2D eigenvalue weighted by Crippen LogP contribution is -2.16. The summed E-state index contributed by atoms with van der Waals surface area (Å²) in [4.78, 5) is 11.4. The van der Waals surface area contributed by atoms with Gasteiger partial charge in [-0.1, -0.05) is 60.8 Å². The molecule has 0 aliphatic carbocycles. The highest BCUT2D eigenvalue weighted by Crippen LogP contribution is 2.17. The Morgan fingerprint density at radius 3 is 2.48 bits per heavy atom. The molecule has 0 aliphatic heterocycles. The average molecular weight is 307 g/mol. The first-order valence-corrected chi connectivity index (χ1v) is 8.03. The van der Waals surface area contributed by atoms with E-state index in [1.807, 2.05) is 6.07 Å². The molecule has 23 heavy (non-hydrogen) atoms. The Kier molecular flexibility index (Phi) is 6.73. The van der Waals surface area contributed by atoms with E-state index >= 15 is 0 Å². The Bertz CT molecular complexity index is 629. The topological polar surface area (TPSA) is 52.3 Å². The van der Waals surface area contributed by atoms with Crippen LogP contribution in [0.15, 0.2) is 48.5 Å². The number of benzene rings is 2. The number of amides is 1. The second kappa shape index (κ2) is 9.04. The van der Waals surface area contributed by atoms with Crippen molar-refractivity contribution in [1.82, 2.24) is 0 Å². The van der Waals surface area contributed by atoms with Crippen LogP contribution in [0.2, 0.25) is 0 Å². The third-order valence-electron chi connectivity index (χ3n) is 3.73. The van der Waals surface area contributed by atoms with E-state index in [1.165, 1.54) is 18.4 Å². The Morgan fingerprint density at radius 2 is 1.74 bits per heavy atom. The summed E-state index contributed by atoms with van der Waals surface area (Å²) in [7, 11) is 5.66. The zero-order chi connectivity index (χ0) is 16.5. The van der Waals surface area contributed by atoms with E-state index in [9.17, 15) is 4.79 Å². The summed E-state index contributed by atoms with van der Waals surface area (Å²) < 4.78 is 5.66. The van der Waals surface area contributed by atoms with Gasteiger partial charge >= 0.3 is 0 Å². The van der Waals surface area contributed by atoms with Gasteiger partial charge in [0.05, 0.1) is 12.2 Å². The van der Waals surface area contributed by atoms with E-state index in [4.69, 9.17) is 18.3 Å². The van der Waals surface area contributed by atoms with Crippen LogP contribution in [0.4, 0.5) is 0 Å². The van der Waals surface area contributed by atoms with Crippen molar-refractivity contribution in [2.75, 3.05) is 6.61 Å². The molecular formula is C19H22BNO2. The van der Waals surface area contributed by atoms with Crippen molar-refractivity contribution in [3.63, 3.8) is 0 Å². The second-order valence-corrected chi connectivity index (χ2v) is 5.62. The van der Waals surface area contributed by atoms with Crippen LogP contribution in [-0.4, -0.2) is 20.4 Å². The highest BCUT2D eigenvalue weighted by Gasteiger charge is 2.09. The smallest absolute Gasteiger partial charge is 0.252 e. The predicted octanol–water partition coefficient (Wildman–Crippen LogP) is 2.76. The maximum absolute atomic E-state index is 11.4. The molecule has 0 heterocycles. The maximum atomic E-state index is 11.4. The zero-order valence-electron chi connectivity index (χ0n) is 13.3. The van der Waals surface area contributed by atoms with Crippen molar-refractivity contribution < 1.29 is 9.53 Å². The van der Waals surface area contributed by atoms with E-state index in [0.29, 0.717) is 23.4 Å². The molecule has 0 spiro atoms. The highest BCUT2D eigenvalue weighted by molar-refractivity contribution is 6.32. The molecule has 0 bridgehead atoms. The number of aryl methyl sites for hydroxylation is 1. The SMILES string of the molecule is [B]c1ccc(OCCCCCCc2ccccc2)c(C(N)=O)c1. The van der Waals surface area contributed by atoms with Crippen LogP contribution in [0.5, 0.6) is 5.75 Å². The molecule has 4 heteroatoms. The van der Waals surface area contributed by atoms with Gasteiger partial charge in [-0.15, -0.1) is 0 Å². The van der Waals surface area contributed by atoms with Crippen molar-refractivity contribution in [3.8, 4) is 5.75 Å². The lowest BCUT2D eigenvalue weighted by molar-refractivity contribution is 0.0996. The third kappa shape index (κ3) is 5.82. The summed E-state index contributed by atoms with van der Waals surface area (Å²) >= 11 is 0. The zero-order valence-corrected chi connectivity index (χ0v) is 13.3. The van der Waals surface area contributed by atoms with Gasteiger partial charge < -0.3 is 10.5 Å². The molecule has 2 radical (unpaired) electrons. The van der Waals surface area contributed by atoms with Gasteiger partial charge in [0, 0.05) is 0 Å². The normalized spacial score (nSPS) is 10.4. The van der Waals surface area contributed by atoms with Gasteiger partial charge in [0.25, 0.3) is 5.91 Å². The van der Waals surface area contributed by atoms with Gasteiger partial charge in [0.15, 0.2) is 0 Å². The molecule has 0 aliphatic rings. The number of primary amides is 1. The van der Waals surface area contributed by atoms with Crippen molar-refractivity contribution >= 4 is 19.2 Å². The number of rotatable bonds is 9. The number of hydrogen-bond donors (Lipinski definition) is 1. The summed E-state index contributed by atoms with van der Waals surface area (Å²) in [5.41, 5.74) is 7.57. The summed E-state index contributed by atoms with van der Waals surface area (Å²) in [6.07, 6.45) is 5.53. The molecule has 0 saturated carbocycles. The van der Waals surface area contributed by atoms with E-state index in [1.54, 1.807) is 18.2 Å². The van der Waals surface area contributed by atoms with Crippen molar-refractivity contribution in [2.45, 2.75) is 32.1 Å². The van der Waals surface area contributed by atoms with Gasteiger partial charge in [-0.3, -0.25) is 4.79 Å². The summed E-state index contributed by atoms with van der Waals surface area (Å²) in [5, 5.41) is 0. The predicted molar refractivity (Wildman–Crippen MR) is 94.5 cm³/mol. The van der Waals surface area contributed by atoms with Crippen molar-refractivity contribution in [1.29, 1.82) is 0 Å². The number of carbonyl (C=O) groups is 1. The van der Waals surface area contributed by atoms with Crippen LogP contribution >= 0.6 is 0 Å². The average Bonchev–Trinajstić information content (AvgIpc) is 2.56. The van der Waals surface area contributed by atoms with Crippen LogP contribution in [-0.2, 0) is 6.42 Å². The minimum absolute atomic E-state index is 0.342. The van der Waals surface area contributed by atoms with Crippen molar-refractivity contribution in [3.05, 3.63) is 59.7 Å². The molecule has 0 fully saturated rings. The first kappa shape index (κ1) is 17.1. The summed E-state index contributed by atoms with van der Waals surface area (Å²) in [6, 6.07) is 15.5. The monoisotopic (exact) mass is 307 g/mol. The molecule has 0 atom stereocenters. The number of hydrogen-bond acceptors (Lipinski definition) is 2. The molecule has 2 rings (SSSR count). The van der Waals surface area contributed by atoms with Crippen LogP contribution in [0, 0.1) is 0 Å². The largest absolute Gasteiger partial charge is 0.493 e. The fourth-order valence-corrected chi connectivity index (χ4v) is 2.48. The second-order valence-electron chi connectivity index (χ2n) is 5.62. The fourth-order valence-electron chi connectivity index (χ4n) is 2.48. The van der Waals surface area contributed by atoms with Crippen molar-refractivity contribution in [2.24, 2.45) is 5.73 Å². The fraction of sp³-hybridized carbons (Fsp3) is 0.316. The minimum Gasteiger partial charge on any atom is -0.493 e. The lowest BCUT2D eigenvalue weighted by atomic mass is 9.94. The van der Waals surface area contributed by atoms with Gasteiger partial charge in [-0.2, -0.15) is 0 Å². The molecule has 2 N–H and O–H groups in total. The van der Waals surface area contributed by atoms with Crippen LogP contribution < -0.4 is 15.9 Å². The van der Waals surface area contributed by atoms with E-state index in [2.05, 4.69) is 24.3 Å². The summed E-state index contributed by atoms with van der Waals surface area (Å²) in [5.74, 6) is -0.00820. The van der Waals surface area contributed by atoms with E-state index in [0.717, 1.165) is 19.3 Å². The maximum Gasteiger partial charge on any atom is 0.252 e.